The zero-order valence-electron chi connectivity index (χ0n) is 12.1. The minimum absolute atomic E-state index is 0.398. The first kappa shape index (κ1) is 12.8. The quantitative estimate of drug-likeness (QED) is 0.726. The maximum atomic E-state index is 5.25. The number of rotatable bonds is 4. The van der Waals surface area contributed by atoms with Gasteiger partial charge < -0.3 is 9.30 Å². The summed E-state index contributed by atoms with van der Waals surface area (Å²) < 4.78 is 9.45. The molecule has 1 aromatic carbocycles. The van der Waals surface area contributed by atoms with Crippen LogP contribution in [-0.2, 0) is 6.54 Å². The Morgan fingerprint density at radius 1 is 1.15 bits per heavy atom. The van der Waals surface area contributed by atoms with Gasteiger partial charge in [-0.15, -0.1) is 0 Å². The van der Waals surface area contributed by atoms with Crippen LogP contribution in [0.3, 0.4) is 0 Å². The lowest BCUT2D eigenvalue weighted by atomic mass is 10.2. The number of ether oxygens (including phenoxy) is 1. The molecule has 4 nitrogen and oxygen atoms in total. The van der Waals surface area contributed by atoms with Crippen molar-refractivity contribution in [1.82, 2.24) is 14.3 Å². The van der Waals surface area contributed by atoms with Gasteiger partial charge in [-0.3, -0.25) is 4.68 Å². The molecule has 0 fully saturated rings. The third-order valence-corrected chi connectivity index (χ3v) is 3.50. The van der Waals surface area contributed by atoms with Crippen molar-refractivity contribution in [3.05, 3.63) is 48.4 Å². The van der Waals surface area contributed by atoms with Crippen LogP contribution in [0.15, 0.2) is 42.7 Å². The predicted molar refractivity (Wildman–Crippen MR) is 80.2 cm³/mol. The van der Waals surface area contributed by atoms with Crippen molar-refractivity contribution < 1.29 is 4.74 Å². The minimum Gasteiger partial charge on any atom is -0.497 e. The lowest BCUT2D eigenvalue weighted by molar-refractivity contribution is 0.415. The van der Waals surface area contributed by atoms with Crippen molar-refractivity contribution in [3.8, 4) is 5.75 Å². The molecule has 0 bridgehead atoms. The Labute approximate surface area is 118 Å². The molecule has 0 aliphatic carbocycles. The Bertz CT molecular complexity index is 724. The van der Waals surface area contributed by atoms with E-state index < -0.39 is 0 Å². The first-order chi connectivity index (χ1) is 9.67. The normalized spacial score (nSPS) is 11.4. The molecule has 0 saturated heterocycles. The Morgan fingerprint density at radius 2 is 2.00 bits per heavy atom. The highest BCUT2D eigenvalue weighted by molar-refractivity contribution is 5.81. The van der Waals surface area contributed by atoms with Crippen LogP contribution in [0.5, 0.6) is 5.75 Å². The fourth-order valence-corrected chi connectivity index (χ4v) is 2.37. The van der Waals surface area contributed by atoms with Crippen molar-refractivity contribution in [2.24, 2.45) is 0 Å². The van der Waals surface area contributed by atoms with E-state index in [1.807, 2.05) is 16.9 Å². The smallest absolute Gasteiger partial charge is 0.119 e. The molecule has 3 rings (SSSR count). The van der Waals surface area contributed by atoms with E-state index in [0.717, 1.165) is 18.0 Å². The van der Waals surface area contributed by atoms with Crippen LogP contribution in [0.1, 0.15) is 25.6 Å². The van der Waals surface area contributed by atoms with Gasteiger partial charge in [0.25, 0.3) is 0 Å². The number of hydrogen-bond acceptors (Lipinski definition) is 2. The molecule has 2 aromatic heterocycles. The largest absolute Gasteiger partial charge is 0.497 e. The van der Waals surface area contributed by atoms with Gasteiger partial charge in [0, 0.05) is 29.3 Å². The summed E-state index contributed by atoms with van der Waals surface area (Å²) in [6, 6.07) is 10.7. The molecule has 20 heavy (non-hydrogen) atoms. The molecule has 0 spiro atoms. The van der Waals surface area contributed by atoms with Gasteiger partial charge >= 0.3 is 0 Å². The summed E-state index contributed by atoms with van der Waals surface area (Å²) in [6.07, 6.45) is 4.13. The lowest BCUT2D eigenvalue weighted by Crippen LogP contribution is -2.04. The summed E-state index contributed by atoms with van der Waals surface area (Å²) in [5, 5.41) is 5.78. The number of nitrogens with zero attached hydrogens (tertiary/aromatic N) is 3. The fourth-order valence-electron chi connectivity index (χ4n) is 2.37. The number of aromatic nitrogens is 3. The SMILES string of the molecule is COc1ccc2c(ccn2Cc2ccn(C(C)C)n2)c1. The van der Waals surface area contributed by atoms with Gasteiger partial charge in [0.2, 0.25) is 0 Å². The van der Waals surface area contributed by atoms with Crippen molar-refractivity contribution in [2.75, 3.05) is 7.11 Å². The second-order valence-corrected chi connectivity index (χ2v) is 5.25. The van der Waals surface area contributed by atoms with E-state index in [2.05, 4.69) is 54.0 Å². The maximum absolute atomic E-state index is 5.25. The monoisotopic (exact) mass is 269 g/mol. The van der Waals surface area contributed by atoms with Crippen molar-refractivity contribution in [2.45, 2.75) is 26.4 Å². The van der Waals surface area contributed by atoms with E-state index in [4.69, 9.17) is 4.74 Å². The van der Waals surface area contributed by atoms with Gasteiger partial charge in [-0.05, 0) is 44.2 Å². The van der Waals surface area contributed by atoms with Gasteiger partial charge in [-0.2, -0.15) is 5.10 Å². The molecule has 0 saturated carbocycles. The molecule has 104 valence electrons. The van der Waals surface area contributed by atoms with Crippen LogP contribution >= 0.6 is 0 Å². The van der Waals surface area contributed by atoms with E-state index in [0.29, 0.717) is 6.04 Å². The van der Waals surface area contributed by atoms with Crippen LogP contribution < -0.4 is 4.74 Å². The molecular formula is C16H19N3O. The molecule has 0 radical (unpaired) electrons. The van der Waals surface area contributed by atoms with Gasteiger partial charge in [0.15, 0.2) is 0 Å². The molecule has 0 N–H and O–H groups in total. The van der Waals surface area contributed by atoms with Gasteiger partial charge in [-0.25, -0.2) is 0 Å². The molecule has 0 amide bonds. The molecule has 0 unspecified atom stereocenters. The van der Waals surface area contributed by atoms with E-state index in [1.54, 1.807) is 7.11 Å². The molecule has 0 aliphatic rings. The Kier molecular flexibility index (Phi) is 3.22. The summed E-state index contributed by atoms with van der Waals surface area (Å²) in [5.41, 5.74) is 2.27. The Balaban J connectivity index is 1.90. The average molecular weight is 269 g/mol. The van der Waals surface area contributed by atoms with Gasteiger partial charge in [0.1, 0.15) is 5.75 Å². The highest BCUT2D eigenvalue weighted by atomic mass is 16.5. The predicted octanol–water partition coefficient (Wildman–Crippen LogP) is 3.48. The maximum Gasteiger partial charge on any atom is 0.119 e. The molecule has 0 atom stereocenters. The fraction of sp³-hybridized carbons (Fsp3) is 0.312. The number of methoxy groups -OCH3 is 1. The van der Waals surface area contributed by atoms with E-state index in [9.17, 15) is 0 Å². The first-order valence-electron chi connectivity index (χ1n) is 6.84. The number of fused-ring (bicyclic) bond motifs is 1. The topological polar surface area (TPSA) is 32.0 Å². The minimum atomic E-state index is 0.398. The van der Waals surface area contributed by atoms with Crippen LogP contribution in [0.4, 0.5) is 0 Å². The summed E-state index contributed by atoms with van der Waals surface area (Å²) in [4.78, 5) is 0. The van der Waals surface area contributed by atoms with Crippen molar-refractivity contribution in [1.29, 1.82) is 0 Å². The summed E-state index contributed by atoms with van der Waals surface area (Å²) >= 11 is 0. The Morgan fingerprint density at radius 3 is 2.70 bits per heavy atom. The second kappa shape index (κ2) is 5.04. The number of hydrogen-bond donors (Lipinski definition) is 0. The third-order valence-electron chi connectivity index (χ3n) is 3.50. The highest BCUT2D eigenvalue weighted by Crippen LogP contribution is 2.22. The molecule has 4 heteroatoms. The van der Waals surface area contributed by atoms with Gasteiger partial charge in [0.05, 0.1) is 19.3 Å². The van der Waals surface area contributed by atoms with Crippen molar-refractivity contribution in [3.63, 3.8) is 0 Å². The molecule has 2 heterocycles. The van der Waals surface area contributed by atoms with Crippen LogP contribution in [0, 0.1) is 0 Å². The molecule has 0 aliphatic heterocycles. The van der Waals surface area contributed by atoms with Crippen LogP contribution in [0.2, 0.25) is 0 Å². The second-order valence-electron chi connectivity index (χ2n) is 5.25. The van der Waals surface area contributed by atoms with Crippen LogP contribution in [-0.4, -0.2) is 21.5 Å². The third kappa shape index (κ3) is 2.29. The molecule has 3 aromatic rings. The van der Waals surface area contributed by atoms with E-state index >= 15 is 0 Å². The van der Waals surface area contributed by atoms with Crippen LogP contribution in [0.25, 0.3) is 10.9 Å². The summed E-state index contributed by atoms with van der Waals surface area (Å²) in [6.45, 7) is 5.05. The number of benzene rings is 1. The van der Waals surface area contributed by atoms with Crippen molar-refractivity contribution >= 4 is 10.9 Å². The summed E-state index contributed by atoms with van der Waals surface area (Å²) in [5.74, 6) is 0.888. The first-order valence-corrected chi connectivity index (χ1v) is 6.84. The lowest BCUT2D eigenvalue weighted by Gasteiger charge is -2.06. The van der Waals surface area contributed by atoms with Gasteiger partial charge in [-0.1, -0.05) is 0 Å². The standard InChI is InChI=1S/C16H19N3O/c1-12(2)19-9-7-14(17-19)11-18-8-6-13-10-15(20-3)4-5-16(13)18/h4-10,12H,11H2,1-3H3. The Hall–Kier alpha value is -2.23. The van der Waals surface area contributed by atoms with E-state index in [1.165, 1.54) is 10.9 Å². The average Bonchev–Trinajstić information content (AvgIpc) is 3.06. The summed E-state index contributed by atoms with van der Waals surface area (Å²) in [7, 11) is 1.69. The zero-order valence-corrected chi connectivity index (χ0v) is 12.1. The zero-order chi connectivity index (χ0) is 14.1. The molecular weight excluding hydrogens is 250 g/mol. The highest BCUT2D eigenvalue weighted by Gasteiger charge is 2.06. The van der Waals surface area contributed by atoms with E-state index in [-0.39, 0.29) is 0 Å².